The van der Waals surface area contributed by atoms with Crippen LogP contribution in [-0.4, -0.2) is 25.8 Å². The fraction of sp³-hybridized carbons (Fsp3) is 0.368. The van der Waals surface area contributed by atoms with Gasteiger partial charge in [-0.2, -0.15) is 10.1 Å². The molecule has 0 radical (unpaired) electrons. The molecule has 7 nitrogen and oxygen atoms in total. The molecule has 0 saturated heterocycles. The molecule has 26 heavy (non-hydrogen) atoms. The van der Waals surface area contributed by atoms with E-state index in [0.717, 1.165) is 36.1 Å². The van der Waals surface area contributed by atoms with Crippen LogP contribution < -0.4 is 5.32 Å². The predicted molar refractivity (Wildman–Crippen MR) is 95.6 cm³/mol. The molecule has 1 aromatic carbocycles. The molecule has 134 valence electrons. The molecule has 2 heterocycles. The lowest BCUT2D eigenvalue weighted by Gasteiger charge is -2.14. The van der Waals surface area contributed by atoms with Crippen molar-refractivity contribution < 1.29 is 9.32 Å². The summed E-state index contributed by atoms with van der Waals surface area (Å²) in [6, 6.07) is 6.16. The van der Waals surface area contributed by atoms with Gasteiger partial charge in [0.25, 0.3) is 5.91 Å². The van der Waals surface area contributed by atoms with E-state index in [4.69, 9.17) is 4.52 Å². The highest BCUT2D eigenvalue weighted by Gasteiger charge is 2.26. The molecule has 1 amide bonds. The van der Waals surface area contributed by atoms with Crippen molar-refractivity contribution in [3.05, 3.63) is 52.7 Å². The van der Waals surface area contributed by atoms with Crippen LogP contribution in [0.25, 0.3) is 11.4 Å². The predicted octanol–water partition coefficient (Wildman–Crippen LogP) is 2.76. The van der Waals surface area contributed by atoms with Crippen LogP contribution in [-0.2, 0) is 19.9 Å². The summed E-state index contributed by atoms with van der Waals surface area (Å²) in [6.07, 6.45) is 4.14. The Labute approximate surface area is 151 Å². The molecular formula is C19H21N5O2. The zero-order valence-electron chi connectivity index (χ0n) is 15.1. The Bertz CT molecular complexity index is 972. The Hall–Kier alpha value is -2.96. The van der Waals surface area contributed by atoms with Crippen LogP contribution in [0.1, 0.15) is 52.5 Å². The third-order valence-electron chi connectivity index (χ3n) is 5.03. The Morgan fingerprint density at radius 1 is 1.42 bits per heavy atom. The topological polar surface area (TPSA) is 85.8 Å². The van der Waals surface area contributed by atoms with E-state index in [-0.39, 0.29) is 11.9 Å². The number of rotatable bonds is 4. The van der Waals surface area contributed by atoms with Crippen molar-refractivity contribution in [1.82, 2.24) is 25.2 Å². The number of nitrogens with zero attached hydrogens (tertiary/aromatic N) is 4. The number of hydrogen-bond donors (Lipinski definition) is 1. The third kappa shape index (κ3) is 2.79. The quantitative estimate of drug-likeness (QED) is 0.781. The molecule has 7 heteroatoms. The monoisotopic (exact) mass is 351 g/mol. The molecule has 0 bridgehead atoms. The molecule has 4 rings (SSSR count). The first kappa shape index (κ1) is 16.5. The first-order valence-electron chi connectivity index (χ1n) is 8.82. The highest BCUT2D eigenvalue weighted by atomic mass is 16.5. The number of amides is 1. The SMILES string of the molecule is CCc1nc(-c2ccc3c(c2)CC[C@H]3NC(=O)c2cnn(C)c2C)no1. The Morgan fingerprint density at radius 3 is 2.96 bits per heavy atom. The second-order valence-electron chi connectivity index (χ2n) is 6.61. The lowest BCUT2D eigenvalue weighted by Crippen LogP contribution is -2.27. The molecule has 2 aromatic heterocycles. The van der Waals surface area contributed by atoms with Crippen LogP contribution in [0.2, 0.25) is 0 Å². The fourth-order valence-corrected chi connectivity index (χ4v) is 3.38. The molecule has 1 aliphatic rings. The van der Waals surface area contributed by atoms with Gasteiger partial charge in [-0.15, -0.1) is 0 Å². The maximum absolute atomic E-state index is 12.6. The van der Waals surface area contributed by atoms with E-state index >= 15 is 0 Å². The van der Waals surface area contributed by atoms with Crippen LogP contribution >= 0.6 is 0 Å². The molecule has 0 spiro atoms. The van der Waals surface area contributed by atoms with Crippen LogP contribution in [0.4, 0.5) is 0 Å². The summed E-state index contributed by atoms with van der Waals surface area (Å²) in [6.45, 7) is 3.88. The van der Waals surface area contributed by atoms with Crippen LogP contribution in [0.15, 0.2) is 28.9 Å². The summed E-state index contributed by atoms with van der Waals surface area (Å²) in [5.41, 5.74) is 4.81. The molecule has 3 aromatic rings. The van der Waals surface area contributed by atoms with E-state index in [1.807, 2.05) is 27.0 Å². The molecule has 0 unspecified atom stereocenters. The van der Waals surface area contributed by atoms with Gasteiger partial charge in [0.15, 0.2) is 0 Å². The van der Waals surface area contributed by atoms with Crippen molar-refractivity contribution in [1.29, 1.82) is 0 Å². The van der Waals surface area contributed by atoms with E-state index in [1.165, 1.54) is 5.56 Å². The molecule has 1 atom stereocenters. The number of carbonyl (C=O) groups excluding carboxylic acids is 1. The van der Waals surface area contributed by atoms with Gasteiger partial charge in [0.2, 0.25) is 11.7 Å². The van der Waals surface area contributed by atoms with Crippen molar-refractivity contribution in [2.75, 3.05) is 0 Å². The van der Waals surface area contributed by atoms with E-state index in [1.54, 1.807) is 10.9 Å². The molecule has 1 N–H and O–H groups in total. The molecule has 1 aliphatic carbocycles. The summed E-state index contributed by atoms with van der Waals surface area (Å²) in [5, 5.41) is 11.3. The standard InChI is InChI=1S/C19H21N5O2/c1-4-17-22-18(23-26-17)13-5-7-14-12(9-13)6-8-16(14)21-19(25)15-10-20-24(3)11(15)2/h5,7,9-10,16H,4,6,8H2,1-3H3,(H,21,25)/t16-/m1/s1. The van der Waals surface area contributed by atoms with Crippen molar-refractivity contribution in [2.24, 2.45) is 7.05 Å². The number of hydrogen-bond acceptors (Lipinski definition) is 5. The van der Waals surface area contributed by atoms with Gasteiger partial charge in [-0.25, -0.2) is 0 Å². The molecule has 0 saturated carbocycles. The average Bonchev–Trinajstić information content (AvgIpc) is 3.35. The van der Waals surface area contributed by atoms with Gasteiger partial charge >= 0.3 is 0 Å². The Kier molecular flexibility index (Phi) is 4.06. The van der Waals surface area contributed by atoms with Crippen LogP contribution in [0.5, 0.6) is 0 Å². The maximum Gasteiger partial charge on any atom is 0.255 e. The number of nitrogens with one attached hydrogen (secondary N) is 1. The minimum absolute atomic E-state index is 0.0163. The third-order valence-corrected chi connectivity index (χ3v) is 5.03. The summed E-state index contributed by atoms with van der Waals surface area (Å²) in [4.78, 5) is 17.0. The zero-order chi connectivity index (χ0) is 18.3. The fourth-order valence-electron chi connectivity index (χ4n) is 3.38. The Balaban J connectivity index is 1.54. The first-order chi connectivity index (χ1) is 12.6. The normalized spacial score (nSPS) is 15.9. The highest BCUT2D eigenvalue weighted by Crippen LogP contribution is 2.34. The van der Waals surface area contributed by atoms with Gasteiger partial charge in [0.1, 0.15) is 0 Å². The van der Waals surface area contributed by atoms with Gasteiger partial charge in [-0.3, -0.25) is 9.48 Å². The highest BCUT2D eigenvalue weighted by molar-refractivity contribution is 5.95. The van der Waals surface area contributed by atoms with Gasteiger partial charge in [0, 0.05) is 24.7 Å². The van der Waals surface area contributed by atoms with Gasteiger partial charge < -0.3 is 9.84 Å². The summed E-state index contributed by atoms with van der Waals surface area (Å²) in [7, 11) is 1.83. The lowest BCUT2D eigenvalue weighted by atomic mass is 10.0. The molecular weight excluding hydrogens is 330 g/mol. The largest absolute Gasteiger partial charge is 0.345 e. The zero-order valence-corrected chi connectivity index (χ0v) is 15.1. The molecule has 0 aliphatic heterocycles. The van der Waals surface area contributed by atoms with E-state index in [0.29, 0.717) is 17.3 Å². The summed E-state index contributed by atoms with van der Waals surface area (Å²) < 4.78 is 6.91. The minimum atomic E-state index is -0.0803. The van der Waals surface area contributed by atoms with Crippen LogP contribution in [0.3, 0.4) is 0 Å². The van der Waals surface area contributed by atoms with E-state index in [2.05, 4.69) is 32.7 Å². The number of benzene rings is 1. The number of aromatic nitrogens is 4. The van der Waals surface area contributed by atoms with Crippen molar-refractivity contribution in [2.45, 2.75) is 39.2 Å². The average molecular weight is 351 g/mol. The van der Waals surface area contributed by atoms with Gasteiger partial charge in [0.05, 0.1) is 17.8 Å². The second kappa shape index (κ2) is 6.40. The van der Waals surface area contributed by atoms with Crippen molar-refractivity contribution in [3.63, 3.8) is 0 Å². The first-order valence-corrected chi connectivity index (χ1v) is 8.82. The summed E-state index contributed by atoms with van der Waals surface area (Å²) in [5.74, 6) is 1.17. The number of aryl methyl sites for hydroxylation is 3. The van der Waals surface area contributed by atoms with Crippen molar-refractivity contribution in [3.8, 4) is 11.4 Å². The maximum atomic E-state index is 12.6. The smallest absolute Gasteiger partial charge is 0.255 e. The second-order valence-corrected chi connectivity index (χ2v) is 6.61. The van der Waals surface area contributed by atoms with Crippen LogP contribution in [0, 0.1) is 6.92 Å². The minimum Gasteiger partial charge on any atom is -0.345 e. The summed E-state index contributed by atoms with van der Waals surface area (Å²) >= 11 is 0. The van der Waals surface area contributed by atoms with Gasteiger partial charge in [-0.05, 0) is 37.0 Å². The van der Waals surface area contributed by atoms with E-state index in [9.17, 15) is 4.79 Å². The van der Waals surface area contributed by atoms with E-state index < -0.39 is 0 Å². The lowest BCUT2D eigenvalue weighted by molar-refractivity contribution is 0.0936. The van der Waals surface area contributed by atoms with Gasteiger partial charge in [-0.1, -0.05) is 24.2 Å². The number of fused-ring (bicyclic) bond motifs is 1. The number of carbonyl (C=O) groups is 1. The molecule has 0 fully saturated rings. The van der Waals surface area contributed by atoms with Crippen molar-refractivity contribution >= 4 is 5.91 Å². The Morgan fingerprint density at radius 2 is 2.27 bits per heavy atom.